The lowest BCUT2D eigenvalue weighted by molar-refractivity contribution is 0.553. The average Bonchev–Trinajstić information content (AvgIpc) is 2.75. The number of aromatic nitrogens is 1. The molecule has 0 aliphatic carbocycles. The number of halogens is 2. The van der Waals surface area contributed by atoms with Crippen molar-refractivity contribution in [2.75, 3.05) is 0 Å². The molecule has 0 amide bonds. The molecule has 0 bridgehead atoms. The zero-order valence-electron chi connectivity index (χ0n) is 10.2. The Labute approximate surface area is 110 Å². The fourth-order valence-corrected chi connectivity index (χ4v) is 1.76. The summed E-state index contributed by atoms with van der Waals surface area (Å²) in [5.74, 6) is -0.230. The van der Waals surface area contributed by atoms with Gasteiger partial charge in [-0.05, 0) is 12.1 Å². The first-order chi connectivity index (χ1) is 8.58. The van der Waals surface area contributed by atoms with Crippen LogP contribution in [0.1, 0.15) is 19.5 Å². The Kier molecular flexibility index (Phi) is 3.99. The summed E-state index contributed by atoms with van der Waals surface area (Å²) < 4.78 is 18.9. The van der Waals surface area contributed by atoms with Crippen LogP contribution in [0.3, 0.4) is 0 Å². The van der Waals surface area contributed by atoms with Crippen LogP contribution in [0.5, 0.6) is 0 Å². The molecule has 1 aromatic heterocycles. The molecule has 0 radical (unpaired) electrons. The highest BCUT2D eigenvalue weighted by molar-refractivity contribution is 6.33. The number of hydrogen-bond donors (Lipinski definition) is 1. The lowest BCUT2D eigenvalue weighted by Gasteiger charge is -2.04. The van der Waals surface area contributed by atoms with Gasteiger partial charge in [-0.1, -0.05) is 31.5 Å². The Hall–Kier alpha value is -1.39. The minimum atomic E-state index is -0.437. The van der Waals surface area contributed by atoms with E-state index in [2.05, 4.69) is 10.3 Å². The number of nitrogens with zero attached hydrogens (tertiary/aromatic N) is 1. The van der Waals surface area contributed by atoms with Gasteiger partial charge in [-0.25, -0.2) is 9.37 Å². The summed E-state index contributed by atoms with van der Waals surface area (Å²) in [6.07, 6.45) is 1.51. The van der Waals surface area contributed by atoms with Gasteiger partial charge in [0.05, 0.1) is 16.3 Å². The molecule has 0 aliphatic rings. The minimum Gasteiger partial charge on any atom is -0.444 e. The molecule has 1 N–H and O–H groups in total. The first-order valence-corrected chi connectivity index (χ1v) is 6.08. The zero-order valence-corrected chi connectivity index (χ0v) is 11.0. The van der Waals surface area contributed by atoms with Crippen molar-refractivity contribution >= 4 is 11.6 Å². The predicted molar refractivity (Wildman–Crippen MR) is 68.9 cm³/mol. The summed E-state index contributed by atoms with van der Waals surface area (Å²) in [4.78, 5) is 4.22. The third kappa shape index (κ3) is 2.89. The lowest BCUT2D eigenvalue weighted by Crippen LogP contribution is -2.21. The third-order valence-corrected chi connectivity index (χ3v) is 2.73. The summed E-state index contributed by atoms with van der Waals surface area (Å²) in [5, 5.41) is 3.50. The van der Waals surface area contributed by atoms with Crippen LogP contribution >= 0.6 is 11.6 Å². The van der Waals surface area contributed by atoms with Crippen LogP contribution in [0.2, 0.25) is 5.02 Å². The third-order valence-electron chi connectivity index (χ3n) is 2.42. The Balaban J connectivity index is 2.24. The molecule has 1 heterocycles. The maximum Gasteiger partial charge on any atom is 0.230 e. The maximum atomic E-state index is 13.7. The molecule has 1 aromatic carbocycles. The van der Waals surface area contributed by atoms with E-state index in [1.807, 2.05) is 13.8 Å². The van der Waals surface area contributed by atoms with Gasteiger partial charge in [0, 0.05) is 12.6 Å². The molecule has 3 nitrogen and oxygen atoms in total. The van der Waals surface area contributed by atoms with Gasteiger partial charge in [0.15, 0.2) is 0 Å². The van der Waals surface area contributed by atoms with E-state index in [0.717, 1.165) is 5.69 Å². The van der Waals surface area contributed by atoms with E-state index in [0.29, 0.717) is 17.6 Å². The normalized spacial score (nSPS) is 11.2. The lowest BCUT2D eigenvalue weighted by atomic mass is 10.2. The summed E-state index contributed by atoms with van der Waals surface area (Å²) in [7, 11) is 0. The second-order valence-corrected chi connectivity index (χ2v) is 4.68. The van der Waals surface area contributed by atoms with E-state index in [9.17, 15) is 4.39 Å². The second-order valence-electron chi connectivity index (χ2n) is 4.28. The molecule has 0 unspecified atom stereocenters. The molecule has 5 heteroatoms. The van der Waals surface area contributed by atoms with E-state index < -0.39 is 5.82 Å². The zero-order chi connectivity index (χ0) is 13.1. The van der Waals surface area contributed by atoms with Crippen molar-refractivity contribution in [2.45, 2.75) is 26.4 Å². The molecule has 96 valence electrons. The van der Waals surface area contributed by atoms with Crippen LogP contribution in [0.4, 0.5) is 4.39 Å². The van der Waals surface area contributed by atoms with Crippen molar-refractivity contribution in [1.29, 1.82) is 0 Å². The van der Waals surface area contributed by atoms with Gasteiger partial charge in [0.1, 0.15) is 12.1 Å². The SMILES string of the molecule is CC(C)NCc1coc(-c2c(F)cccc2Cl)n1. The Bertz CT molecular complexity index is 519. The fourth-order valence-electron chi connectivity index (χ4n) is 1.51. The van der Waals surface area contributed by atoms with Crippen molar-refractivity contribution in [3.63, 3.8) is 0 Å². The Morgan fingerprint density at radius 1 is 1.44 bits per heavy atom. The number of hydrogen-bond acceptors (Lipinski definition) is 3. The minimum absolute atomic E-state index is 0.204. The molecule has 0 saturated carbocycles. The molecular weight excluding hydrogens is 255 g/mol. The van der Waals surface area contributed by atoms with E-state index in [-0.39, 0.29) is 11.5 Å². The van der Waals surface area contributed by atoms with E-state index in [4.69, 9.17) is 16.0 Å². The van der Waals surface area contributed by atoms with Crippen molar-refractivity contribution in [2.24, 2.45) is 0 Å². The topological polar surface area (TPSA) is 38.1 Å². The molecule has 18 heavy (non-hydrogen) atoms. The first-order valence-electron chi connectivity index (χ1n) is 5.70. The first kappa shape index (κ1) is 13.1. The molecule has 0 saturated heterocycles. The van der Waals surface area contributed by atoms with Crippen molar-refractivity contribution < 1.29 is 8.81 Å². The van der Waals surface area contributed by atoms with Crippen LogP contribution in [-0.2, 0) is 6.54 Å². The molecular formula is C13H14ClFN2O. The van der Waals surface area contributed by atoms with Crippen LogP contribution < -0.4 is 5.32 Å². The fraction of sp³-hybridized carbons (Fsp3) is 0.308. The summed E-state index contributed by atoms with van der Waals surface area (Å²) in [6.45, 7) is 4.65. The Morgan fingerprint density at radius 3 is 2.89 bits per heavy atom. The van der Waals surface area contributed by atoms with Gasteiger partial charge >= 0.3 is 0 Å². The Morgan fingerprint density at radius 2 is 2.22 bits per heavy atom. The van der Waals surface area contributed by atoms with Crippen LogP contribution in [0.15, 0.2) is 28.9 Å². The maximum absolute atomic E-state index is 13.7. The van der Waals surface area contributed by atoms with E-state index in [1.54, 1.807) is 12.1 Å². The predicted octanol–water partition coefficient (Wildman–Crippen LogP) is 3.63. The average molecular weight is 269 g/mol. The molecule has 0 aliphatic heterocycles. The van der Waals surface area contributed by atoms with Gasteiger partial charge < -0.3 is 9.73 Å². The van der Waals surface area contributed by atoms with Crippen molar-refractivity contribution in [1.82, 2.24) is 10.3 Å². The summed E-state index contributed by atoms with van der Waals surface area (Å²) >= 11 is 5.95. The van der Waals surface area contributed by atoms with Crippen LogP contribution in [0, 0.1) is 5.82 Å². The smallest absolute Gasteiger partial charge is 0.230 e. The highest BCUT2D eigenvalue weighted by Crippen LogP contribution is 2.29. The molecule has 0 fully saturated rings. The monoisotopic (exact) mass is 268 g/mol. The number of rotatable bonds is 4. The van der Waals surface area contributed by atoms with Gasteiger partial charge in [-0.2, -0.15) is 0 Å². The molecule has 0 atom stereocenters. The van der Waals surface area contributed by atoms with E-state index in [1.165, 1.54) is 12.3 Å². The molecule has 0 spiro atoms. The van der Waals surface area contributed by atoms with Gasteiger partial charge in [-0.15, -0.1) is 0 Å². The summed E-state index contributed by atoms with van der Waals surface area (Å²) in [6, 6.07) is 4.83. The second kappa shape index (κ2) is 5.50. The van der Waals surface area contributed by atoms with Crippen molar-refractivity contribution in [3.05, 3.63) is 41.0 Å². The largest absolute Gasteiger partial charge is 0.444 e. The van der Waals surface area contributed by atoms with Gasteiger partial charge in [0.25, 0.3) is 0 Å². The number of benzene rings is 1. The number of nitrogens with one attached hydrogen (secondary N) is 1. The highest BCUT2D eigenvalue weighted by atomic mass is 35.5. The van der Waals surface area contributed by atoms with Gasteiger partial charge in [0.2, 0.25) is 5.89 Å². The standard InChI is InChI=1S/C13H14ClFN2O/c1-8(2)16-6-9-7-18-13(17-9)12-10(14)4-3-5-11(12)15/h3-5,7-8,16H,6H2,1-2H3. The van der Waals surface area contributed by atoms with Crippen LogP contribution in [0.25, 0.3) is 11.5 Å². The number of oxazole rings is 1. The molecule has 2 aromatic rings. The van der Waals surface area contributed by atoms with Gasteiger partial charge in [-0.3, -0.25) is 0 Å². The quantitative estimate of drug-likeness (QED) is 0.920. The van der Waals surface area contributed by atoms with Crippen LogP contribution in [-0.4, -0.2) is 11.0 Å². The highest BCUT2D eigenvalue weighted by Gasteiger charge is 2.15. The summed E-state index contributed by atoms with van der Waals surface area (Å²) in [5.41, 5.74) is 0.924. The van der Waals surface area contributed by atoms with E-state index >= 15 is 0 Å². The molecule has 2 rings (SSSR count). The van der Waals surface area contributed by atoms with Crippen molar-refractivity contribution in [3.8, 4) is 11.5 Å².